The molecule has 0 aliphatic carbocycles. The van der Waals surface area contributed by atoms with E-state index in [4.69, 9.17) is 9.47 Å². The summed E-state index contributed by atoms with van der Waals surface area (Å²) in [6, 6.07) is 24.6. The molecule has 0 bridgehead atoms. The van der Waals surface area contributed by atoms with E-state index in [1.54, 1.807) is 35.4 Å². The molecule has 1 N–H and O–H groups in total. The third-order valence-corrected chi connectivity index (χ3v) is 10.9. The monoisotopic (exact) mass is 721 g/mol. The van der Waals surface area contributed by atoms with Crippen LogP contribution in [-0.2, 0) is 11.8 Å². The maximum Gasteiger partial charge on any atom is 0.328 e. The number of anilines is 4. The number of nitrogens with zero attached hydrogens (tertiary/aromatic N) is 8. The first-order valence-corrected chi connectivity index (χ1v) is 18.3. The highest BCUT2D eigenvalue weighted by Crippen LogP contribution is 2.46. The van der Waals surface area contributed by atoms with E-state index in [-0.39, 0.29) is 34.0 Å². The third-order valence-electron chi connectivity index (χ3n) is 9.50. The molecule has 2 aromatic heterocycles. The van der Waals surface area contributed by atoms with Crippen molar-refractivity contribution in [1.29, 1.82) is 0 Å². The van der Waals surface area contributed by atoms with E-state index in [1.165, 1.54) is 6.07 Å². The first-order chi connectivity index (χ1) is 25.2. The fraction of sp³-hybridized carbons (Fsp3) is 0.342. The number of carbonyl (C=O) groups excluding carboxylic acids is 1. The summed E-state index contributed by atoms with van der Waals surface area (Å²) in [7, 11) is 7.03. The van der Waals surface area contributed by atoms with Crippen molar-refractivity contribution < 1.29 is 14.3 Å². The number of carbonyl (C=O) groups is 1. The number of ether oxygens (including phenoxy) is 2. The number of thioether (sulfide) groups is 1. The van der Waals surface area contributed by atoms with E-state index >= 15 is 0 Å². The van der Waals surface area contributed by atoms with E-state index < -0.39 is 0 Å². The molecule has 2 fully saturated rings. The van der Waals surface area contributed by atoms with Crippen molar-refractivity contribution in [3.63, 3.8) is 0 Å². The first-order valence-electron chi connectivity index (χ1n) is 17.3. The second-order valence-corrected chi connectivity index (χ2v) is 14.3. The lowest BCUT2D eigenvalue weighted by Crippen LogP contribution is -2.49. The Kier molecular flexibility index (Phi) is 10.3. The van der Waals surface area contributed by atoms with E-state index in [1.807, 2.05) is 91.8 Å². The van der Waals surface area contributed by atoms with Crippen molar-refractivity contribution in [2.45, 2.75) is 17.5 Å². The first kappa shape index (κ1) is 35.2. The van der Waals surface area contributed by atoms with Crippen LogP contribution in [0.15, 0.2) is 83.7 Å². The van der Waals surface area contributed by atoms with Crippen LogP contribution in [-0.4, -0.2) is 101 Å². The number of para-hydroxylation sites is 1. The normalized spacial score (nSPS) is 18.2. The van der Waals surface area contributed by atoms with Gasteiger partial charge in [-0.05, 0) is 60.6 Å². The van der Waals surface area contributed by atoms with Gasteiger partial charge in [0.2, 0.25) is 17.8 Å². The smallest absolute Gasteiger partial charge is 0.328 e. The summed E-state index contributed by atoms with van der Waals surface area (Å²) >= 11 is 1.70. The standard InChI is InChI=1S/C38H43N9O4S/c1-6-45-19-21-46(22-20-45)24-32-34(49)47(35(52-32)25-11-17-28(50-5)18-12-25)27-15-13-26(14-16-27)39-36-40-37(43(2)3)42-38(41-36)51-31-23-33(48)44(4)30-10-8-7-9-29(30)31/h7-18,23,32,35H,6,19-22,24H2,1-5H3,(H,39,40,41,42). The van der Waals surface area contributed by atoms with Crippen LogP contribution in [0.4, 0.5) is 23.3 Å². The molecule has 7 rings (SSSR count). The van der Waals surface area contributed by atoms with Crippen molar-refractivity contribution >= 4 is 51.8 Å². The lowest BCUT2D eigenvalue weighted by molar-refractivity contribution is -0.118. The molecule has 0 radical (unpaired) electrons. The van der Waals surface area contributed by atoms with Crippen molar-refractivity contribution in [3.05, 3.63) is 94.8 Å². The molecule has 2 aliphatic heterocycles. The van der Waals surface area contributed by atoms with Crippen molar-refractivity contribution in [3.8, 4) is 17.5 Å². The van der Waals surface area contributed by atoms with Crippen molar-refractivity contribution in [1.82, 2.24) is 29.3 Å². The molecule has 3 aromatic carbocycles. The fourth-order valence-corrected chi connectivity index (χ4v) is 7.99. The number of nitrogens with one attached hydrogen (secondary N) is 1. The molecule has 14 heteroatoms. The van der Waals surface area contributed by atoms with E-state index in [0.717, 1.165) is 72.9 Å². The number of hydrogen-bond donors (Lipinski definition) is 1. The summed E-state index contributed by atoms with van der Waals surface area (Å²) < 4.78 is 13.1. The van der Waals surface area contributed by atoms with Gasteiger partial charge in [-0.25, -0.2) is 0 Å². The molecule has 2 saturated heterocycles. The predicted octanol–water partition coefficient (Wildman–Crippen LogP) is 5.12. The lowest BCUT2D eigenvalue weighted by Gasteiger charge is -2.34. The topological polar surface area (TPSA) is 121 Å². The number of methoxy groups -OCH3 is 1. The maximum absolute atomic E-state index is 14.2. The molecule has 1 amide bonds. The Bertz CT molecular complexity index is 2100. The molecule has 13 nitrogen and oxygen atoms in total. The summed E-state index contributed by atoms with van der Waals surface area (Å²) in [4.78, 5) is 49.0. The van der Waals surface area contributed by atoms with Crippen LogP contribution in [0.5, 0.6) is 17.5 Å². The number of benzene rings is 3. The number of hydrogen-bond acceptors (Lipinski definition) is 12. The van der Waals surface area contributed by atoms with Crippen LogP contribution in [0.2, 0.25) is 0 Å². The van der Waals surface area contributed by atoms with Gasteiger partial charge in [-0.3, -0.25) is 19.4 Å². The molecule has 2 atom stereocenters. The number of aromatic nitrogens is 4. The minimum absolute atomic E-state index is 0.0420. The highest BCUT2D eigenvalue weighted by atomic mass is 32.2. The molecule has 2 unspecified atom stereocenters. The van der Waals surface area contributed by atoms with Gasteiger partial charge in [-0.2, -0.15) is 15.0 Å². The van der Waals surface area contributed by atoms with E-state index in [0.29, 0.717) is 11.7 Å². The van der Waals surface area contributed by atoms with Crippen LogP contribution in [0.3, 0.4) is 0 Å². The number of rotatable bonds is 11. The summed E-state index contributed by atoms with van der Waals surface area (Å²) in [6.45, 7) is 7.94. The Balaban J connectivity index is 1.13. The van der Waals surface area contributed by atoms with Crippen LogP contribution < -0.4 is 30.1 Å². The quantitative estimate of drug-likeness (QED) is 0.195. The van der Waals surface area contributed by atoms with Gasteiger partial charge in [-0.15, -0.1) is 11.8 Å². The van der Waals surface area contributed by atoms with Gasteiger partial charge in [0, 0.05) is 76.7 Å². The number of pyridine rings is 1. The van der Waals surface area contributed by atoms with Gasteiger partial charge < -0.3 is 29.2 Å². The minimum Gasteiger partial charge on any atom is -0.497 e. The Morgan fingerprint density at radius 2 is 1.62 bits per heavy atom. The number of amides is 1. The Hall–Kier alpha value is -5.18. The zero-order chi connectivity index (χ0) is 36.4. The number of fused-ring (bicyclic) bond motifs is 1. The Morgan fingerprint density at radius 3 is 2.31 bits per heavy atom. The zero-order valence-corrected chi connectivity index (χ0v) is 30.8. The molecule has 2 aliphatic rings. The third kappa shape index (κ3) is 7.40. The van der Waals surface area contributed by atoms with Crippen LogP contribution in [0.25, 0.3) is 10.9 Å². The van der Waals surface area contributed by atoms with Gasteiger partial charge in [-0.1, -0.05) is 31.2 Å². The number of piperazine rings is 1. The van der Waals surface area contributed by atoms with E-state index in [2.05, 4.69) is 37.0 Å². The summed E-state index contributed by atoms with van der Waals surface area (Å²) in [5.74, 6) is 1.87. The van der Waals surface area contributed by atoms with Crippen molar-refractivity contribution in [2.24, 2.45) is 7.05 Å². The second-order valence-electron chi connectivity index (χ2n) is 13.0. The van der Waals surface area contributed by atoms with Crippen LogP contribution in [0, 0.1) is 0 Å². The molecule has 4 heterocycles. The van der Waals surface area contributed by atoms with Gasteiger partial charge >= 0.3 is 6.01 Å². The molecule has 0 spiro atoms. The average Bonchev–Trinajstić information content (AvgIpc) is 3.49. The van der Waals surface area contributed by atoms with Gasteiger partial charge in [0.1, 0.15) is 16.9 Å². The predicted molar refractivity (Wildman–Crippen MR) is 206 cm³/mol. The van der Waals surface area contributed by atoms with Gasteiger partial charge in [0.25, 0.3) is 5.56 Å². The molecule has 52 heavy (non-hydrogen) atoms. The van der Waals surface area contributed by atoms with Crippen LogP contribution in [0.1, 0.15) is 17.9 Å². The van der Waals surface area contributed by atoms with Crippen molar-refractivity contribution in [2.75, 3.05) is 75.6 Å². The largest absolute Gasteiger partial charge is 0.497 e. The SMILES string of the molecule is CCN1CCN(CC2SC(c3ccc(OC)cc3)N(c3ccc(Nc4nc(Oc5cc(=O)n(C)c6ccccc56)nc(N(C)C)n4)cc3)C2=O)CC1. The zero-order valence-electron chi connectivity index (χ0n) is 30.0. The van der Waals surface area contributed by atoms with E-state index in [9.17, 15) is 9.59 Å². The molecular weight excluding hydrogens is 679 g/mol. The number of likely N-dealkylation sites (N-methyl/N-ethyl adjacent to an activating group) is 1. The second kappa shape index (κ2) is 15.2. The highest BCUT2D eigenvalue weighted by Gasteiger charge is 2.42. The maximum atomic E-state index is 14.2. The van der Waals surface area contributed by atoms with Crippen LogP contribution >= 0.6 is 11.8 Å². The highest BCUT2D eigenvalue weighted by molar-refractivity contribution is 8.01. The fourth-order valence-electron chi connectivity index (χ4n) is 6.49. The number of aryl methyl sites for hydroxylation is 1. The molecule has 270 valence electrons. The lowest BCUT2D eigenvalue weighted by atomic mass is 10.1. The minimum atomic E-state index is -0.209. The summed E-state index contributed by atoms with van der Waals surface area (Å²) in [5, 5.41) is 3.65. The average molecular weight is 722 g/mol. The molecular formula is C38H43N9O4S. The van der Waals surface area contributed by atoms with Gasteiger partial charge in [0.05, 0.1) is 17.9 Å². The Morgan fingerprint density at radius 1 is 0.904 bits per heavy atom. The van der Waals surface area contributed by atoms with Gasteiger partial charge in [0.15, 0.2) is 0 Å². The molecule has 0 saturated carbocycles. The Labute approximate surface area is 307 Å². The summed E-state index contributed by atoms with van der Waals surface area (Å²) in [5.41, 5.74) is 3.08. The molecule has 5 aromatic rings. The summed E-state index contributed by atoms with van der Waals surface area (Å²) in [6.07, 6.45) is 0.